The van der Waals surface area contributed by atoms with Crippen LogP contribution in [0.5, 0.6) is 0 Å². The Morgan fingerprint density at radius 1 is 1.05 bits per heavy atom. The van der Waals surface area contributed by atoms with E-state index in [1.54, 1.807) is 41.7 Å². The van der Waals surface area contributed by atoms with Gasteiger partial charge < -0.3 is 9.88 Å². The zero-order valence-electron chi connectivity index (χ0n) is 23.0. The molecule has 4 aromatic rings. The number of rotatable bonds is 5. The van der Waals surface area contributed by atoms with Crippen LogP contribution in [-0.4, -0.2) is 27.4 Å². The van der Waals surface area contributed by atoms with Gasteiger partial charge in [0.25, 0.3) is 17.7 Å². The van der Waals surface area contributed by atoms with Crippen molar-refractivity contribution in [2.24, 2.45) is 0 Å². The molecule has 3 heterocycles. The Labute approximate surface area is 257 Å². The number of carbonyl (C=O) groups is 3. The second kappa shape index (κ2) is 11.3. The van der Waals surface area contributed by atoms with Crippen molar-refractivity contribution in [3.05, 3.63) is 104 Å². The minimum Gasteiger partial charge on any atom is -0.322 e. The molecule has 212 valence electrons. The number of hydrogen-bond acceptors (Lipinski definition) is 5. The molecular formula is C32H27ClN4O3S2. The van der Waals surface area contributed by atoms with Crippen LogP contribution in [0.2, 0.25) is 5.02 Å². The van der Waals surface area contributed by atoms with E-state index in [4.69, 9.17) is 23.8 Å². The molecule has 0 unspecified atom stereocenters. The number of thiophene rings is 1. The fraction of sp³-hybridized carbons (Fsp3) is 0.188. The molecule has 3 amide bonds. The minimum absolute atomic E-state index is 0.0287. The van der Waals surface area contributed by atoms with Crippen LogP contribution in [0.1, 0.15) is 50.6 Å². The van der Waals surface area contributed by atoms with Crippen LogP contribution in [0.15, 0.2) is 66.2 Å². The van der Waals surface area contributed by atoms with Crippen LogP contribution in [0.4, 0.5) is 11.4 Å². The number of nitrogens with zero attached hydrogens (tertiary/aromatic N) is 2. The highest BCUT2D eigenvalue weighted by Crippen LogP contribution is 2.39. The number of aryl methyl sites for hydroxylation is 2. The first-order valence-corrected chi connectivity index (χ1v) is 15.2. The molecule has 0 bridgehead atoms. The Morgan fingerprint density at radius 2 is 1.76 bits per heavy atom. The number of benzene rings is 2. The molecule has 2 aliphatic rings. The third-order valence-electron chi connectivity index (χ3n) is 7.58. The molecule has 6 rings (SSSR count). The Kier molecular flexibility index (Phi) is 7.57. The van der Waals surface area contributed by atoms with Gasteiger partial charge in [0.1, 0.15) is 10.6 Å². The number of halogens is 1. The minimum atomic E-state index is -0.576. The topological polar surface area (TPSA) is 83.4 Å². The van der Waals surface area contributed by atoms with Crippen LogP contribution < -0.4 is 15.5 Å². The van der Waals surface area contributed by atoms with E-state index in [9.17, 15) is 14.4 Å². The Morgan fingerprint density at radius 3 is 2.52 bits per heavy atom. The number of hydrogen-bond donors (Lipinski definition) is 2. The van der Waals surface area contributed by atoms with Gasteiger partial charge in [-0.2, -0.15) is 0 Å². The van der Waals surface area contributed by atoms with E-state index >= 15 is 0 Å². The summed E-state index contributed by atoms with van der Waals surface area (Å²) in [4.78, 5) is 42.8. The lowest BCUT2D eigenvalue weighted by molar-refractivity contribution is -0.122. The maximum atomic E-state index is 13.7. The molecule has 2 aromatic carbocycles. The number of fused-ring (bicyclic) bond motifs is 1. The van der Waals surface area contributed by atoms with E-state index < -0.39 is 11.8 Å². The summed E-state index contributed by atoms with van der Waals surface area (Å²) in [7, 11) is 0. The third kappa shape index (κ3) is 4.98. The van der Waals surface area contributed by atoms with Gasteiger partial charge >= 0.3 is 0 Å². The van der Waals surface area contributed by atoms with E-state index in [2.05, 4.69) is 15.2 Å². The average Bonchev–Trinajstić information content (AvgIpc) is 3.48. The standard InChI is InChI=1S/C32H27ClN4O3S2/c1-18-16-20(17-23-28(38)35-32(41)37(30(23)40)25-14-8-7-13-24(25)33)19(2)36(18)31-27(22-12-6-9-15-26(22)42-31)29(39)34-21-10-4-3-5-11-21/h3-5,7-8,10-11,13-14,16-17H,6,9,12,15H2,1-2H3,(H,34,39)(H,35,38,41)/b23-17+. The lowest BCUT2D eigenvalue weighted by atomic mass is 9.95. The Balaban J connectivity index is 1.42. The molecule has 10 heteroatoms. The van der Waals surface area contributed by atoms with Crippen molar-refractivity contribution >= 4 is 75.4 Å². The van der Waals surface area contributed by atoms with Gasteiger partial charge in [0.05, 0.1) is 16.3 Å². The van der Waals surface area contributed by atoms with Gasteiger partial charge in [-0.15, -0.1) is 11.3 Å². The van der Waals surface area contributed by atoms with Crippen LogP contribution >= 0.6 is 35.2 Å². The highest BCUT2D eigenvalue weighted by atomic mass is 35.5. The molecule has 0 saturated carbocycles. The van der Waals surface area contributed by atoms with E-state index in [-0.39, 0.29) is 16.6 Å². The molecule has 0 atom stereocenters. The summed E-state index contributed by atoms with van der Waals surface area (Å²) in [5, 5.41) is 6.84. The number of anilines is 2. The van der Waals surface area contributed by atoms with Crippen molar-refractivity contribution in [3.8, 4) is 5.00 Å². The fourth-order valence-electron chi connectivity index (χ4n) is 5.57. The van der Waals surface area contributed by atoms with E-state index in [0.717, 1.165) is 53.3 Å². The summed E-state index contributed by atoms with van der Waals surface area (Å²) in [6.07, 6.45) is 5.51. The number of amides is 3. The fourth-order valence-corrected chi connectivity index (χ4v) is 7.56. The normalized spacial score (nSPS) is 16.0. The maximum Gasteiger partial charge on any atom is 0.270 e. The van der Waals surface area contributed by atoms with E-state index in [1.807, 2.05) is 50.2 Å². The number of nitrogens with one attached hydrogen (secondary N) is 2. The zero-order valence-corrected chi connectivity index (χ0v) is 25.4. The van der Waals surface area contributed by atoms with Gasteiger partial charge in [-0.1, -0.05) is 41.9 Å². The van der Waals surface area contributed by atoms with Crippen molar-refractivity contribution < 1.29 is 14.4 Å². The Bertz CT molecular complexity index is 1810. The molecule has 1 saturated heterocycles. The van der Waals surface area contributed by atoms with Crippen molar-refractivity contribution in [3.63, 3.8) is 0 Å². The van der Waals surface area contributed by atoms with Crippen LogP contribution in [-0.2, 0) is 22.4 Å². The van der Waals surface area contributed by atoms with Crippen LogP contribution in [0, 0.1) is 13.8 Å². The molecule has 2 aromatic heterocycles. The summed E-state index contributed by atoms with van der Waals surface area (Å²) in [6.45, 7) is 3.89. The van der Waals surface area contributed by atoms with Crippen LogP contribution in [0.3, 0.4) is 0 Å². The van der Waals surface area contributed by atoms with Gasteiger partial charge in [0.2, 0.25) is 0 Å². The second-order valence-corrected chi connectivity index (χ2v) is 12.2. The van der Waals surface area contributed by atoms with E-state index in [0.29, 0.717) is 21.8 Å². The largest absolute Gasteiger partial charge is 0.322 e. The van der Waals surface area contributed by atoms with Gasteiger partial charge in [-0.3, -0.25) is 24.6 Å². The number of carbonyl (C=O) groups excluding carboxylic acids is 3. The SMILES string of the molecule is Cc1cc(/C=C2\C(=O)NC(=S)N(c3ccccc3Cl)C2=O)c(C)n1-c1sc2c(c1C(=O)Nc1ccccc1)CCCC2. The van der Waals surface area contributed by atoms with E-state index in [1.165, 1.54) is 9.78 Å². The van der Waals surface area contributed by atoms with Crippen molar-refractivity contribution in [2.45, 2.75) is 39.5 Å². The van der Waals surface area contributed by atoms with Crippen molar-refractivity contribution in [1.29, 1.82) is 0 Å². The molecule has 1 aliphatic carbocycles. The Hall–Kier alpha value is -4.05. The van der Waals surface area contributed by atoms with Crippen LogP contribution in [0.25, 0.3) is 11.1 Å². The predicted octanol–water partition coefficient (Wildman–Crippen LogP) is 6.77. The number of para-hydroxylation sites is 2. The molecule has 7 nitrogen and oxygen atoms in total. The number of aromatic nitrogens is 1. The van der Waals surface area contributed by atoms with Gasteiger partial charge in [-0.05, 0) is 99.3 Å². The predicted molar refractivity (Wildman–Crippen MR) is 172 cm³/mol. The van der Waals surface area contributed by atoms with Gasteiger partial charge in [-0.25, -0.2) is 0 Å². The number of thiocarbonyl (C=S) groups is 1. The highest BCUT2D eigenvalue weighted by molar-refractivity contribution is 7.80. The molecular weight excluding hydrogens is 588 g/mol. The molecule has 2 N–H and O–H groups in total. The van der Waals surface area contributed by atoms with Gasteiger partial charge in [0.15, 0.2) is 5.11 Å². The summed E-state index contributed by atoms with van der Waals surface area (Å²) in [6, 6.07) is 18.2. The summed E-state index contributed by atoms with van der Waals surface area (Å²) in [5.41, 5.74) is 5.24. The van der Waals surface area contributed by atoms with Crippen molar-refractivity contribution in [2.75, 3.05) is 10.2 Å². The lowest BCUT2D eigenvalue weighted by Gasteiger charge is -2.29. The highest BCUT2D eigenvalue weighted by Gasteiger charge is 2.36. The molecule has 1 fully saturated rings. The summed E-state index contributed by atoms with van der Waals surface area (Å²) in [5.74, 6) is -1.28. The second-order valence-electron chi connectivity index (χ2n) is 10.3. The molecule has 42 heavy (non-hydrogen) atoms. The molecule has 0 radical (unpaired) electrons. The molecule has 0 spiro atoms. The molecule has 1 aliphatic heterocycles. The third-order valence-corrected chi connectivity index (χ3v) is 9.46. The first-order valence-electron chi connectivity index (χ1n) is 13.6. The first-order chi connectivity index (χ1) is 20.2. The summed E-state index contributed by atoms with van der Waals surface area (Å²) < 4.78 is 2.05. The maximum absolute atomic E-state index is 13.7. The van der Waals surface area contributed by atoms with Gasteiger partial charge in [0, 0.05) is 22.0 Å². The quantitative estimate of drug-likeness (QED) is 0.148. The lowest BCUT2D eigenvalue weighted by Crippen LogP contribution is -2.54. The summed E-state index contributed by atoms with van der Waals surface area (Å²) >= 11 is 13.3. The smallest absolute Gasteiger partial charge is 0.270 e. The first kappa shape index (κ1) is 28.1. The zero-order chi connectivity index (χ0) is 29.5. The average molecular weight is 615 g/mol. The monoisotopic (exact) mass is 614 g/mol. The van der Waals surface area contributed by atoms with Crippen molar-refractivity contribution in [1.82, 2.24) is 9.88 Å².